The molecule has 0 unspecified atom stereocenters. The van der Waals surface area contributed by atoms with Gasteiger partial charge in [0.05, 0.1) is 6.54 Å². The van der Waals surface area contributed by atoms with Crippen LogP contribution >= 0.6 is 12.6 Å². The van der Waals surface area contributed by atoms with Crippen LogP contribution in [-0.2, 0) is 16.9 Å². The lowest BCUT2D eigenvalue weighted by Crippen LogP contribution is -2.20. The lowest BCUT2D eigenvalue weighted by molar-refractivity contribution is 0.256. The molecule has 0 spiro atoms. The van der Waals surface area contributed by atoms with Crippen LogP contribution in [0.3, 0.4) is 0 Å². The van der Waals surface area contributed by atoms with Gasteiger partial charge in [-0.1, -0.05) is 30.3 Å². The number of aromatic nitrogens is 3. The molecule has 0 radical (unpaired) electrons. The van der Waals surface area contributed by atoms with Crippen molar-refractivity contribution >= 4 is 12.6 Å². The lowest BCUT2D eigenvalue weighted by Gasteiger charge is -2.15. The first-order chi connectivity index (χ1) is 11.6. The van der Waals surface area contributed by atoms with E-state index in [0.717, 1.165) is 5.56 Å². The normalized spacial score (nSPS) is 22.5. The third-order valence-electron chi connectivity index (χ3n) is 4.19. The molecule has 0 bridgehead atoms. The number of rotatable bonds is 4. The van der Waals surface area contributed by atoms with Crippen LogP contribution in [-0.4, -0.2) is 14.8 Å². The van der Waals surface area contributed by atoms with Crippen LogP contribution in [0.25, 0.3) is 0 Å². The second-order valence-corrected chi connectivity index (χ2v) is 6.03. The molecule has 1 aliphatic rings. The molecule has 2 aromatic carbocycles. The zero-order valence-corrected chi connectivity index (χ0v) is 13.3. The minimum atomic E-state index is -0.832. The molecule has 0 aliphatic carbocycles. The molecule has 0 N–H and O–H groups in total. The number of hydrogen-bond acceptors (Lipinski definition) is 4. The average Bonchev–Trinajstić information content (AvgIpc) is 3.16. The zero-order valence-electron chi connectivity index (χ0n) is 12.4. The van der Waals surface area contributed by atoms with Crippen LogP contribution in [0.4, 0.5) is 8.78 Å². The van der Waals surface area contributed by atoms with E-state index in [9.17, 15) is 8.78 Å². The number of ether oxygens (including phenoxy) is 1. The summed E-state index contributed by atoms with van der Waals surface area (Å²) in [5, 5.41) is 4.55. The molecule has 122 valence electrons. The molecular weight excluding hydrogens is 332 g/mol. The highest BCUT2D eigenvalue weighted by molar-refractivity contribution is 7.80. The SMILES string of the molecule is Fc1ccc([C@]2(Cn3ncnc3S)O[C@@H]2c2ccccc2F)cc1. The van der Waals surface area contributed by atoms with Crippen LogP contribution in [0.1, 0.15) is 17.2 Å². The molecule has 24 heavy (non-hydrogen) atoms. The zero-order chi connectivity index (χ0) is 16.7. The molecular formula is C17H13F2N3OS. The van der Waals surface area contributed by atoms with Crippen molar-refractivity contribution in [3.8, 4) is 0 Å². The number of hydrogen-bond donors (Lipinski definition) is 1. The Kier molecular flexibility index (Phi) is 3.62. The largest absolute Gasteiger partial charge is 0.354 e. The molecule has 2 heterocycles. The highest BCUT2D eigenvalue weighted by atomic mass is 32.1. The van der Waals surface area contributed by atoms with Crippen LogP contribution in [0.5, 0.6) is 0 Å². The van der Waals surface area contributed by atoms with E-state index in [1.807, 2.05) is 0 Å². The maximum atomic E-state index is 14.2. The maximum Gasteiger partial charge on any atom is 0.183 e. The van der Waals surface area contributed by atoms with Gasteiger partial charge in [-0.05, 0) is 23.8 Å². The van der Waals surface area contributed by atoms with Gasteiger partial charge in [0.15, 0.2) is 5.16 Å². The van der Waals surface area contributed by atoms with Crippen molar-refractivity contribution in [2.45, 2.75) is 23.4 Å². The fraction of sp³-hybridized carbons (Fsp3) is 0.176. The Morgan fingerprint density at radius 3 is 2.54 bits per heavy atom. The minimum absolute atomic E-state index is 0.302. The van der Waals surface area contributed by atoms with E-state index in [0.29, 0.717) is 17.3 Å². The molecule has 4 nitrogen and oxygen atoms in total. The van der Waals surface area contributed by atoms with E-state index in [4.69, 9.17) is 4.74 Å². The van der Waals surface area contributed by atoms with Gasteiger partial charge >= 0.3 is 0 Å². The Morgan fingerprint density at radius 1 is 1.12 bits per heavy atom. The van der Waals surface area contributed by atoms with Gasteiger partial charge in [-0.2, -0.15) is 5.10 Å². The molecule has 0 saturated carbocycles. The predicted octanol–water partition coefficient (Wildman–Crippen LogP) is 3.51. The van der Waals surface area contributed by atoms with Crippen molar-refractivity contribution in [3.63, 3.8) is 0 Å². The number of nitrogens with zero attached hydrogens (tertiary/aromatic N) is 3. The standard InChI is InChI=1S/C17H13F2N3OS/c18-12-7-5-11(6-8-12)17(9-22-16(24)20-10-21-22)15(23-17)13-3-1-2-4-14(13)19/h1-8,10,15H,9H2,(H,20,21,24)/t15-,17+/m1/s1. The van der Waals surface area contributed by atoms with Gasteiger partial charge in [0.1, 0.15) is 29.7 Å². The predicted molar refractivity (Wildman–Crippen MR) is 85.6 cm³/mol. The molecule has 4 rings (SSSR count). The molecule has 2 atom stereocenters. The number of halogens is 2. The summed E-state index contributed by atoms with van der Waals surface area (Å²) in [6.45, 7) is 0.302. The summed E-state index contributed by atoms with van der Waals surface area (Å²) in [7, 11) is 0. The molecule has 1 aliphatic heterocycles. The lowest BCUT2D eigenvalue weighted by atomic mass is 9.91. The number of thiol groups is 1. The monoisotopic (exact) mass is 345 g/mol. The van der Waals surface area contributed by atoms with E-state index >= 15 is 0 Å². The van der Waals surface area contributed by atoms with Crippen molar-refractivity contribution in [1.82, 2.24) is 14.8 Å². The maximum absolute atomic E-state index is 14.2. The Labute approximate surface area is 142 Å². The van der Waals surface area contributed by atoms with E-state index in [2.05, 4.69) is 22.7 Å². The highest BCUT2D eigenvalue weighted by Crippen LogP contribution is 2.58. The highest BCUT2D eigenvalue weighted by Gasteiger charge is 2.60. The van der Waals surface area contributed by atoms with Gasteiger partial charge in [0.25, 0.3) is 0 Å². The van der Waals surface area contributed by atoms with Gasteiger partial charge in [0, 0.05) is 5.56 Å². The van der Waals surface area contributed by atoms with Crippen molar-refractivity contribution in [2.24, 2.45) is 0 Å². The smallest absolute Gasteiger partial charge is 0.183 e. The Bertz CT molecular complexity index is 884. The summed E-state index contributed by atoms with van der Waals surface area (Å²) in [5.41, 5.74) is 0.379. The topological polar surface area (TPSA) is 43.2 Å². The minimum Gasteiger partial charge on any atom is -0.354 e. The second kappa shape index (κ2) is 5.68. The summed E-state index contributed by atoms with van der Waals surface area (Å²) in [5.74, 6) is -0.677. The quantitative estimate of drug-likeness (QED) is 0.581. The van der Waals surface area contributed by atoms with Gasteiger partial charge in [-0.3, -0.25) is 0 Å². The Balaban J connectivity index is 1.76. The van der Waals surface area contributed by atoms with Crippen molar-refractivity contribution < 1.29 is 13.5 Å². The van der Waals surface area contributed by atoms with Crippen LogP contribution < -0.4 is 0 Å². The average molecular weight is 345 g/mol. The summed E-state index contributed by atoms with van der Waals surface area (Å²) >= 11 is 4.25. The van der Waals surface area contributed by atoms with E-state index < -0.39 is 11.7 Å². The summed E-state index contributed by atoms with van der Waals surface area (Å²) < 4.78 is 35.0. The van der Waals surface area contributed by atoms with E-state index in [1.54, 1.807) is 35.0 Å². The van der Waals surface area contributed by atoms with E-state index in [1.165, 1.54) is 24.5 Å². The summed E-state index contributed by atoms with van der Waals surface area (Å²) in [6, 6.07) is 12.5. The fourth-order valence-corrected chi connectivity index (χ4v) is 3.11. The van der Waals surface area contributed by atoms with Gasteiger partial charge < -0.3 is 4.74 Å². The molecule has 3 aromatic rings. The van der Waals surface area contributed by atoms with Gasteiger partial charge in [-0.25, -0.2) is 18.4 Å². The molecule has 0 amide bonds. The number of epoxide rings is 1. The van der Waals surface area contributed by atoms with Crippen LogP contribution in [0.15, 0.2) is 60.0 Å². The first kappa shape index (κ1) is 15.3. The molecule has 7 heteroatoms. The number of benzene rings is 2. The van der Waals surface area contributed by atoms with Crippen LogP contribution in [0.2, 0.25) is 0 Å². The third kappa shape index (κ3) is 2.50. The first-order valence-electron chi connectivity index (χ1n) is 7.35. The third-order valence-corrected chi connectivity index (χ3v) is 4.54. The first-order valence-corrected chi connectivity index (χ1v) is 7.80. The Hall–Kier alpha value is -2.25. The molecule has 1 fully saturated rings. The Morgan fingerprint density at radius 2 is 1.88 bits per heavy atom. The fourth-order valence-electron chi connectivity index (χ4n) is 2.93. The second-order valence-electron chi connectivity index (χ2n) is 5.63. The van der Waals surface area contributed by atoms with Crippen LogP contribution in [0, 0.1) is 11.6 Å². The summed E-state index contributed by atoms with van der Waals surface area (Å²) in [6.07, 6.45) is 0.905. The van der Waals surface area contributed by atoms with Gasteiger partial charge in [-0.15, -0.1) is 12.6 Å². The van der Waals surface area contributed by atoms with Gasteiger partial charge in [0.2, 0.25) is 0 Å². The van der Waals surface area contributed by atoms with Crippen molar-refractivity contribution in [3.05, 3.63) is 77.6 Å². The van der Waals surface area contributed by atoms with E-state index in [-0.39, 0.29) is 11.6 Å². The molecule has 1 saturated heterocycles. The summed E-state index contributed by atoms with van der Waals surface area (Å²) in [4.78, 5) is 3.98. The molecule has 1 aromatic heterocycles. The van der Waals surface area contributed by atoms with Crippen molar-refractivity contribution in [2.75, 3.05) is 0 Å². The van der Waals surface area contributed by atoms with Crippen molar-refractivity contribution in [1.29, 1.82) is 0 Å².